The van der Waals surface area contributed by atoms with E-state index in [9.17, 15) is 8.42 Å². The maximum Gasteiger partial charge on any atom is 0.252 e. The molecule has 1 aromatic rings. The van der Waals surface area contributed by atoms with Crippen molar-refractivity contribution in [2.24, 2.45) is 5.92 Å². The van der Waals surface area contributed by atoms with Gasteiger partial charge in [0.05, 0.1) is 6.61 Å². The van der Waals surface area contributed by atoms with E-state index in [-0.39, 0.29) is 12.6 Å². The van der Waals surface area contributed by atoms with Gasteiger partial charge in [-0.1, -0.05) is 26.7 Å². The van der Waals surface area contributed by atoms with Gasteiger partial charge >= 0.3 is 0 Å². The Morgan fingerprint density at radius 2 is 2.00 bits per heavy atom. The number of sulfonamides is 1. The third-order valence-corrected chi connectivity index (χ3v) is 7.09. The Kier molecular flexibility index (Phi) is 5.23. The van der Waals surface area contributed by atoms with Gasteiger partial charge in [0, 0.05) is 17.5 Å². The lowest BCUT2D eigenvalue weighted by Crippen LogP contribution is -2.40. The molecule has 1 fully saturated rings. The summed E-state index contributed by atoms with van der Waals surface area (Å²) in [7, 11) is -3.43. The van der Waals surface area contributed by atoms with Crippen LogP contribution in [0.25, 0.3) is 0 Å². The molecule has 1 saturated carbocycles. The summed E-state index contributed by atoms with van der Waals surface area (Å²) in [6.45, 7) is 4.56. The zero-order chi connectivity index (χ0) is 14.8. The van der Waals surface area contributed by atoms with E-state index in [0.717, 1.165) is 25.7 Å². The van der Waals surface area contributed by atoms with Gasteiger partial charge in [-0.15, -0.1) is 11.3 Å². The molecule has 20 heavy (non-hydrogen) atoms. The molecule has 0 spiro atoms. The molecule has 0 aliphatic heterocycles. The maximum atomic E-state index is 12.8. The maximum absolute atomic E-state index is 12.8. The first-order valence-electron chi connectivity index (χ1n) is 7.16. The predicted octanol–water partition coefficient (Wildman–Crippen LogP) is 2.83. The molecule has 4 nitrogen and oxygen atoms in total. The fourth-order valence-electron chi connectivity index (χ4n) is 2.69. The summed E-state index contributed by atoms with van der Waals surface area (Å²) in [6.07, 6.45) is 4.15. The SMILES string of the molecule is CC(C)CN(C1CCCC1)S(=O)(=O)c1ccc(CO)s1. The number of hydrogen-bond donors (Lipinski definition) is 1. The molecule has 0 amide bonds. The molecule has 6 heteroatoms. The monoisotopic (exact) mass is 317 g/mol. The molecule has 0 aromatic carbocycles. The van der Waals surface area contributed by atoms with Gasteiger partial charge in [-0.05, 0) is 30.9 Å². The van der Waals surface area contributed by atoms with E-state index in [4.69, 9.17) is 5.11 Å². The molecular weight excluding hydrogens is 294 g/mol. The molecule has 0 unspecified atom stereocenters. The van der Waals surface area contributed by atoms with Crippen LogP contribution in [-0.4, -0.2) is 30.4 Å². The van der Waals surface area contributed by atoms with Crippen molar-refractivity contribution >= 4 is 21.4 Å². The number of rotatable bonds is 6. The van der Waals surface area contributed by atoms with Gasteiger partial charge in [-0.2, -0.15) is 4.31 Å². The van der Waals surface area contributed by atoms with Crippen LogP contribution in [0.2, 0.25) is 0 Å². The van der Waals surface area contributed by atoms with E-state index in [1.54, 1.807) is 16.4 Å². The van der Waals surface area contributed by atoms with Gasteiger partial charge in [0.15, 0.2) is 0 Å². The molecule has 2 rings (SSSR count). The summed E-state index contributed by atoms with van der Waals surface area (Å²) in [5, 5.41) is 9.11. The number of nitrogens with zero attached hydrogens (tertiary/aromatic N) is 1. The second-order valence-electron chi connectivity index (χ2n) is 5.79. The standard InChI is InChI=1S/C14H23NO3S2/c1-11(2)9-15(12-5-3-4-6-12)20(17,18)14-8-7-13(10-16)19-14/h7-8,11-12,16H,3-6,9-10H2,1-2H3. The van der Waals surface area contributed by atoms with Crippen LogP contribution in [0.4, 0.5) is 0 Å². The summed E-state index contributed by atoms with van der Waals surface area (Å²) in [5.74, 6) is 0.308. The van der Waals surface area contributed by atoms with Gasteiger partial charge in [0.25, 0.3) is 10.0 Å². The lowest BCUT2D eigenvalue weighted by molar-refractivity contribution is 0.285. The first-order valence-corrected chi connectivity index (χ1v) is 9.42. The van der Waals surface area contributed by atoms with E-state index < -0.39 is 10.0 Å². The van der Waals surface area contributed by atoms with Crippen LogP contribution in [0.1, 0.15) is 44.4 Å². The minimum atomic E-state index is -3.43. The fourth-order valence-corrected chi connectivity index (χ4v) is 5.89. The number of aliphatic hydroxyl groups excluding tert-OH is 1. The summed E-state index contributed by atoms with van der Waals surface area (Å²) in [6, 6.07) is 3.45. The van der Waals surface area contributed by atoms with Crippen molar-refractivity contribution in [1.29, 1.82) is 0 Å². The van der Waals surface area contributed by atoms with Crippen molar-refractivity contribution in [1.82, 2.24) is 4.31 Å². The molecule has 114 valence electrons. The molecule has 1 aliphatic carbocycles. The Hall–Kier alpha value is -0.430. The van der Waals surface area contributed by atoms with Crippen molar-refractivity contribution in [3.63, 3.8) is 0 Å². The molecule has 0 saturated heterocycles. The largest absolute Gasteiger partial charge is 0.391 e. The highest BCUT2D eigenvalue weighted by molar-refractivity contribution is 7.91. The van der Waals surface area contributed by atoms with Crippen molar-refractivity contribution < 1.29 is 13.5 Å². The zero-order valence-corrected chi connectivity index (χ0v) is 13.7. The summed E-state index contributed by atoms with van der Waals surface area (Å²) in [4.78, 5) is 0.694. The lowest BCUT2D eigenvalue weighted by atomic mass is 10.2. The van der Waals surface area contributed by atoms with Crippen LogP contribution in [0.15, 0.2) is 16.3 Å². The topological polar surface area (TPSA) is 57.6 Å². The molecular formula is C14H23NO3S2. The van der Waals surface area contributed by atoms with Crippen molar-refractivity contribution in [2.45, 2.75) is 56.4 Å². The first kappa shape index (κ1) is 15.9. The minimum absolute atomic E-state index is 0.103. The summed E-state index contributed by atoms with van der Waals surface area (Å²) < 4.78 is 27.7. The van der Waals surface area contributed by atoms with E-state index in [2.05, 4.69) is 0 Å². The third-order valence-electron chi connectivity index (χ3n) is 3.63. The minimum Gasteiger partial charge on any atom is -0.391 e. The highest BCUT2D eigenvalue weighted by Gasteiger charge is 2.34. The van der Waals surface area contributed by atoms with Gasteiger partial charge in [-0.25, -0.2) is 8.42 Å². The molecule has 1 aliphatic rings. The fraction of sp³-hybridized carbons (Fsp3) is 0.714. The van der Waals surface area contributed by atoms with Crippen LogP contribution in [0.5, 0.6) is 0 Å². The van der Waals surface area contributed by atoms with Crippen molar-refractivity contribution in [3.8, 4) is 0 Å². The molecule has 0 radical (unpaired) electrons. The van der Waals surface area contributed by atoms with Gasteiger partial charge in [-0.3, -0.25) is 0 Å². The van der Waals surface area contributed by atoms with E-state index in [1.807, 2.05) is 13.8 Å². The Morgan fingerprint density at radius 3 is 2.50 bits per heavy atom. The number of thiophene rings is 1. The van der Waals surface area contributed by atoms with Crippen molar-refractivity contribution in [3.05, 3.63) is 17.0 Å². The molecule has 0 bridgehead atoms. The van der Waals surface area contributed by atoms with Gasteiger partial charge in [0.2, 0.25) is 0 Å². The predicted molar refractivity (Wildman–Crippen MR) is 81.2 cm³/mol. The highest BCUT2D eigenvalue weighted by Crippen LogP contribution is 2.32. The number of aliphatic hydroxyl groups is 1. The second-order valence-corrected chi connectivity index (χ2v) is 9.07. The van der Waals surface area contributed by atoms with Crippen LogP contribution >= 0.6 is 11.3 Å². The Labute approximate surface area is 125 Å². The highest BCUT2D eigenvalue weighted by atomic mass is 32.2. The molecule has 1 N–H and O–H groups in total. The van der Waals surface area contributed by atoms with Crippen molar-refractivity contribution in [2.75, 3.05) is 6.54 Å². The summed E-state index contributed by atoms with van der Waals surface area (Å²) in [5.41, 5.74) is 0. The zero-order valence-electron chi connectivity index (χ0n) is 12.1. The average Bonchev–Trinajstić information content (AvgIpc) is 3.06. The smallest absolute Gasteiger partial charge is 0.252 e. The first-order chi connectivity index (χ1) is 9.45. The van der Waals surface area contributed by atoms with Gasteiger partial charge in [0.1, 0.15) is 4.21 Å². The second kappa shape index (κ2) is 6.56. The van der Waals surface area contributed by atoms with Crippen LogP contribution in [0, 0.1) is 5.92 Å². The van der Waals surface area contributed by atoms with Crippen LogP contribution in [0.3, 0.4) is 0 Å². The van der Waals surface area contributed by atoms with E-state index >= 15 is 0 Å². The number of hydrogen-bond acceptors (Lipinski definition) is 4. The normalized spacial score (nSPS) is 17.4. The quantitative estimate of drug-likeness (QED) is 0.877. The third kappa shape index (κ3) is 3.42. The Bertz CT molecular complexity index is 530. The Morgan fingerprint density at radius 1 is 1.35 bits per heavy atom. The Balaban J connectivity index is 2.29. The van der Waals surface area contributed by atoms with Crippen LogP contribution in [-0.2, 0) is 16.6 Å². The summed E-state index contributed by atoms with van der Waals surface area (Å²) >= 11 is 1.17. The van der Waals surface area contributed by atoms with E-state index in [1.165, 1.54) is 11.3 Å². The molecule has 1 aromatic heterocycles. The van der Waals surface area contributed by atoms with Gasteiger partial charge < -0.3 is 5.11 Å². The van der Waals surface area contributed by atoms with Crippen LogP contribution < -0.4 is 0 Å². The lowest BCUT2D eigenvalue weighted by Gasteiger charge is -2.29. The van der Waals surface area contributed by atoms with E-state index in [0.29, 0.717) is 21.5 Å². The average molecular weight is 317 g/mol. The molecule has 1 heterocycles. The molecule has 0 atom stereocenters.